The van der Waals surface area contributed by atoms with Gasteiger partial charge in [-0.3, -0.25) is 0 Å². The van der Waals surface area contributed by atoms with Gasteiger partial charge in [0.05, 0.1) is 6.10 Å². The molecule has 2 aromatic rings. The Balaban J connectivity index is 1.80. The van der Waals surface area contributed by atoms with Crippen molar-refractivity contribution in [3.63, 3.8) is 0 Å². The van der Waals surface area contributed by atoms with Crippen molar-refractivity contribution in [2.45, 2.75) is 51.6 Å². The largest absolute Gasteiger partial charge is 0.392 e. The minimum atomic E-state index is -0.284. The zero-order valence-corrected chi connectivity index (χ0v) is 13.0. The van der Waals surface area contributed by atoms with E-state index in [0.717, 1.165) is 19.3 Å². The molecule has 0 radical (unpaired) electrons. The van der Waals surface area contributed by atoms with E-state index in [1.54, 1.807) is 0 Å². The number of rotatable bonds is 3. The normalized spacial score (nSPS) is 19.1. The molecular weight excluding hydrogens is 256 g/mol. The minimum absolute atomic E-state index is 0.284. The van der Waals surface area contributed by atoms with Crippen molar-refractivity contribution in [2.75, 3.05) is 0 Å². The first-order chi connectivity index (χ1) is 10.1. The lowest BCUT2D eigenvalue weighted by Gasteiger charge is -2.29. The standard InChI is InChI=1S/C20H24O/c1-14-10-11-16(12-15(14)2)13-20(21)19-9-5-7-17-6-3-4-8-18(17)19/h3-4,6,8,10-12,19-21H,5,7,9,13H2,1-2H3. The summed E-state index contributed by atoms with van der Waals surface area (Å²) in [5.41, 5.74) is 6.65. The van der Waals surface area contributed by atoms with Gasteiger partial charge in [0.15, 0.2) is 0 Å². The maximum atomic E-state index is 10.7. The summed E-state index contributed by atoms with van der Waals surface area (Å²) < 4.78 is 0. The molecule has 0 spiro atoms. The van der Waals surface area contributed by atoms with Crippen LogP contribution in [0.15, 0.2) is 42.5 Å². The molecule has 1 aliphatic carbocycles. The quantitative estimate of drug-likeness (QED) is 0.887. The van der Waals surface area contributed by atoms with E-state index in [1.807, 2.05) is 0 Å². The molecule has 0 aliphatic heterocycles. The lowest BCUT2D eigenvalue weighted by atomic mass is 9.78. The Morgan fingerprint density at radius 2 is 1.90 bits per heavy atom. The highest BCUT2D eigenvalue weighted by Gasteiger charge is 2.26. The van der Waals surface area contributed by atoms with E-state index in [0.29, 0.717) is 0 Å². The first kappa shape index (κ1) is 14.3. The van der Waals surface area contributed by atoms with Gasteiger partial charge < -0.3 is 5.11 Å². The number of aryl methyl sites for hydroxylation is 3. The Morgan fingerprint density at radius 1 is 1.10 bits per heavy atom. The van der Waals surface area contributed by atoms with Crippen molar-refractivity contribution in [1.29, 1.82) is 0 Å². The molecule has 1 nitrogen and oxygen atoms in total. The molecule has 110 valence electrons. The van der Waals surface area contributed by atoms with Crippen molar-refractivity contribution in [2.24, 2.45) is 0 Å². The molecule has 2 atom stereocenters. The third-order valence-corrected chi connectivity index (χ3v) is 4.90. The van der Waals surface area contributed by atoms with E-state index in [9.17, 15) is 5.11 Å². The maximum absolute atomic E-state index is 10.7. The van der Waals surface area contributed by atoms with Gasteiger partial charge in [0.1, 0.15) is 0 Å². The molecular formula is C20H24O. The molecule has 21 heavy (non-hydrogen) atoms. The number of hydrogen-bond acceptors (Lipinski definition) is 1. The fourth-order valence-electron chi connectivity index (χ4n) is 3.51. The first-order valence-corrected chi connectivity index (χ1v) is 7.97. The van der Waals surface area contributed by atoms with Gasteiger partial charge in [-0.25, -0.2) is 0 Å². The lowest BCUT2D eigenvalue weighted by molar-refractivity contribution is 0.134. The lowest BCUT2D eigenvalue weighted by Crippen LogP contribution is -2.25. The van der Waals surface area contributed by atoms with Crippen molar-refractivity contribution < 1.29 is 5.11 Å². The summed E-state index contributed by atoms with van der Waals surface area (Å²) in [6.07, 6.45) is 3.91. The number of benzene rings is 2. The van der Waals surface area contributed by atoms with Gasteiger partial charge in [-0.15, -0.1) is 0 Å². The van der Waals surface area contributed by atoms with Crippen LogP contribution in [0.2, 0.25) is 0 Å². The molecule has 0 heterocycles. The molecule has 1 aliphatic rings. The zero-order valence-electron chi connectivity index (χ0n) is 13.0. The Kier molecular flexibility index (Phi) is 4.12. The van der Waals surface area contributed by atoms with Crippen LogP contribution in [0.5, 0.6) is 0 Å². The van der Waals surface area contributed by atoms with E-state index >= 15 is 0 Å². The monoisotopic (exact) mass is 280 g/mol. The Morgan fingerprint density at radius 3 is 2.71 bits per heavy atom. The summed E-state index contributed by atoms with van der Waals surface area (Å²) in [4.78, 5) is 0. The van der Waals surface area contributed by atoms with Gasteiger partial charge in [-0.05, 0) is 67.3 Å². The van der Waals surface area contributed by atoms with E-state index in [-0.39, 0.29) is 12.0 Å². The first-order valence-electron chi connectivity index (χ1n) is 7.97. The predicted octanol–water partition coefficient (Wildman–Crippen LogP) is 4.33. The van der Waals surface area contributed by atoms with E-state index in [2.05, 4.69) is 56.3 Å². The maximum Gasteiger partial charge on any atom is 0.0649 e. The van der Waals surface area contributed by atoms with Gasteiger partial charge >= 0.3 is 0 Å². The predicted molar refractivity (Wildman–Crippen MR) is 87.7 cm³/mol. The Bertz CT molecular complexity index is 629. The molecule has 1 N–H and O–H groups in total. The molecule has 0 aromatic heterocycles. The summed E-state index contributed by atoms with van der Waals surface area (Å²) in [5, 5.41) is 10.7. The van der Waals surface area contributed by atoms with Crippen molar-refractivity contribution in [3.8, 4) is 0 Å². The van der Waals surface area contributed by atoms with Crippen LogP contribution in [0.1, 0.15) is 46.6 Å². The van der Waals surface area contributed by atoms with Crippen molar-refractivity contribution >= 4 is 0 Å². The van der Waals surface area contributed by atoms with Crippen LogP contribution in [-0.4, -0.2) is 11.2 Å². The van der Waals surface area contributed by atoms with E-state index in [1.165, 1.54) is 34.2 Å². The zero-order chi connectivity index (χ0) is 14.8. The summed E-state index contributed by atoms with van der Waals surface area (Å²) in [7, 11) is 0. The van der Waals surface area contributed by atoms with Crippen LogP contribution >= 0.6 is 0 Å². The SMILES string of the molecule is Cc1ccc(CC(O)C2CCCc3ccccc32)cc1C. The summed E-state index contributed by atoms with van der Waals surface area (Å²) in [5.74, 6) is 0.288. The minimum Gasteiger partial charge on any atom is -0.392 e. The van der Waals surface area contributed by atoms with Crippen LogP contribution in [0.3, 0.4) is 0 Å². The molecule has 2 aromatic carbocycles. The van der Waals surface area contributed by atoms with Gasteiger partial charge in [-0.2, -0.15) is 0 Å². The third-order valence-electron chi connectivity index (χ3n) is 4.90. The van der Waals surface area contributed by atoms with Crippen LogP contribution in [-0.2, 0) is 12.8 Å². The summed E-state index contributed by atoms with van der Waals surface area (Å²) >= 11 is 0. The Labute approximate surface area is 127 Å². The van der Waals surface area contributed by atoms with Crippen LogP contribution in [0.4, 0.5) is 0 Å². The van der Waals surface area contributed by atoms with Crippen LogP contribution in [0.25, 0.3) is 0 Å². The average molecular weight is 280 g/mol. The number of aliphatic hydroxyl groups excluding tert-OH is 1. The van der Waals surface area contributed by atoms with Crippen molar-refractivity contribution in [3.05, 3.63) is 70.3 Å². The van der Waals surface area contributed by atoms with Crippen LogP contribution < -0.4 is 0 Å². The topological polar surface area (TPSA) is 20.2 Å². The molecule has 0 saturated carbocycles. The molecule has 3 rings (SSSR count). The molecule has 2 unspecified atom stereocenters. The smallest absolute Gasteiger partial charge is 0.0649 e. The second-order valence-corrected chi connectivity index (χ2v) is 6.39. The number of aliphatic hydroxyl groups is 1. The van der Waals surface area contributed by atoms with Crippen LogP contribution in [0, 0.1) is 13.8 Å². The molecule has 0 amide bonds. The Hall–Kier alpha value is -1.60. The summed E-state index contributed by atoms with van der Waals surface area (Å²) in [6.45, 7) is 4.27. The van der Waals surface area contributed by atoms with E-state index < -0.39 is 0 Å². The highest BCUT2D eigenvalue weighted by atomic mass is 16.3. The fourth-order valence-corrected chi connectivity index (χ4v) is 3.51. The highest BCUT2D eigenvalue weighted by Crippen LogP contribution is 2.35. The third kappa shape index (κ3) is 3.03. The van der Waals surface area contributed by atoms with Gasteiger partial charge in [-0.1, -0.05) is 42.5 Å². The number of hydrogen-bond donors (Lipinski definition) is 1. The number of fused-ring (bicyclic) bond motifs is 1. The van der Waals surface area contributed by atoms with E-state index in [4.69, 9.17) is 0 Å². The molecule has 0 bridgehead atoms. The van der Waals surface area contributed by atoms with Crippen molar-refractivity contribution in [1.82, 2.24) is 0 Å². The van der Waals surface area contributed by atoms with Gasteiger partial charge in [0.2, 0.25) is 0 Å². The molecule has 1 heteroatoms. The second kappa shape index (κ2) is 6.03. The van der Waals surface area contributed by atoms with Gasteiger partial charge in [0, 0.05) is 5.92 Å². The highest BCUT2D eigenvalue weighted by molar-refractivity contribution is 5.35. The second-order valence-electron chi connectivity index (χ2n) is 6.39. The van der Waals surface area contributed by atoms with Gasteiger partial charge in [0.25, 0.3) is 0 Å². The molecule has 0 fully saturated rings. The molecule has 0 saturated heterocycles. The average Bonchev–Trinajstić information content (AvgIpc) is 2.50. The summed E-state index contributed by atoms with van der Waals surface area (Å²) in [6, 6.07) is 15.1. The fraction of sp³-hybridized carbons (Fsp3) is 0.400.